The number of nitrogens with one attached hydrogen (secondary N) is 1. The monoisotopic (exact) mass is 214 g/mol. The molecule has 0 bridgehead atoms. The Morgan fingerprint density at radius 1 is 1.56 bits per heavy atom. The molecule has 1 aromatic rings. The second-order valence-corrected chi connectivity index (χ2v) is 4.25. The molecule has 0 fully saturated rings. The van der Waals surface area contributed by atoms with Gasteiger partial charge in [-0.2, -0.15) is 5.26 Å². The summed E-state index contributed by atoms with van der Waals surface area (Å²) in [4.78, 5) is 11.8. The van der Waals surface area contributed by atoms with Crippen LogP contribution in [0.15, 0.2) is 18.2 Å². The molecule has 0 radical (unpaired) electrons. The molecule has 1 heterocycles. The highest BCUT2D eigenvalue weighted by Crippen LogP contribution is 2.28. The second-order valence-electron chi connectivity index (χ2n) is 4.25. The van der Waals surface area contributed by atoms with E-state index in [0.29, 0.717) is 12.8 Å². The van der Waals surface area contributed by atoms with Crippen molar-refractivity contribution in [3.63, 3.8) is 0 Å². The number of amides is 1. The number of rotatable bonds is 2. The third-order valence-corrected chi connectivity index (χ3v) is 2.96. The van der Waals surface area contributed by atoms with Crippen molar-refractivity contribution in [3.05, 3.63) is 29.3 Å². The van der Waals surface area contributed by atoms with Crippen LogP contribution in [0.4, 0.5) is 5.69 Å². The Hall–Kier alpha value is -1.82. The molecule has 1 N–H and O–H groups in total. The van der Waals surface area contributed by atoms with E-state index < -0.39 is 0 Å². The van der Waals surface area contributed by atoms with Crippen molar-refractivity contribution in [3.8, 4) is 6.07 Å². The van der Waals surface area contributed by atoms with Gasteiger partial charge in [0.1, 0.15) is 0 Å². The van der Waals surface area contributed by atoms with Gasteiger partial charge < -0.3 is 5.32 Å². The summed E-state index contributed by atoms with van der Waals surface area (Å²) in [5, 5.41) is 11.4. The fraction of sp³-hybridized carbons (Fsp3) is 0.385. The summed E-state index contributed by atoms with van der Waals surface area (Å²) in [6, 6.07) is 8.19. The molecule has 1 atom stereocenters. The van der Waals surface area contributed by atoms with E-state index in [1.807, 2.05) is 13.0 Å². The number of fused-ring (bicyclic) bond motifs is 1. The molecule has 3 nitrogen and oxygen atoms in total. The summed E-state index contributed by atoms with van der Waals surface area (Å²) in [5.41, 5.74) is 3.25. The van der Waals surface area contributed by atoms with Gasteiger partial charge in [-0.05, 0) is 37.0 Å². The van der Waals surface area contributed by atoms with Crippen LogP contribution >= 0.6 is 0 Å². The fourth-order valence-corrected chi connectivity index (χ4v) is 2.05. The van der Waals surface area contributed by atoms with E-state index >= 15 is 0 Å². The van der Waals surface area contributed by atoms with Gasteiger partial charge in [0, 0.05) is 18.0 Å². The SMILES string of the molecule is Cc1ccc2c(c1)NC(=O)C(CCC#N)C2. The van der Waals surface area contributed by atoms with Crippen molar-refractivity contribution >= 4 is 11.6 Å². The summed E-state index contributed by atoms with van der Waals surface area (Å²) in [6.07, 6.45) is 1.85. The lowest BCUT2D eigenvalue weighted by atomic mass is 9.89. The maximum atomic E-state index is 11.8. The van der Waals surface area contributed by atoms with Crippen molar-refractivity contribution in [1.82, 2.24) is 0 Å². The van der Waals surface area contributed by atoms with Crippen LogP contribution in [0.25, 0.3) is 0 Å². The lowest BCUT2D eigenvalue weighted by Gasteiger charge is -2.24. The van der Waals surface area contributed by atoms with E-state index in [1.54, 1.807) is 0 Å². The van der Waals surface area contributed by atoms with Crippen molar-refractivity contribution in [2.45, 2.75) is 26.2 Å². The molecule has 82 valence electrons. The molecule has 3 heteroatoms. The van der Waals surface area contributed by atoms with Gasteiger partial charge in [-0.3, -0.25) is 4.79 Å². The molecule has 16 heavy (non-hydrogen) atoms. The molecule has 0 saturated heterocycles. The van der Waals surface area contributed by atoms with Crippen molar-refractivity contribution in [1.29, 1.82) is 5.26 Å². The molecule has 0 aromatic heterocycles. The van der Waals surface area contributed by atoms with Gasteiger partial charge in [0.2, 0.25) is 5.91 Å². The highest BCUT2D eigenvalue weighted by atomic mass is 16.1. The standard InChI is InChI=1S/C13H14N2O/c1-9-4-5-10-8-11(3-2-6-14)13(16)15-12(10)7-9/h4-5,7,11H,2-3,8H2,1H3,(H,15,16). The average molecular weight is 214 g/mol. The predicted octanol–water partition coefficient (Wildman–Crippen LogP) is 2.41. The van der Waals surface area contributed by atoms with Gasteiger partial charge in [-0.15, -0.1) is 0 Å². The number of benzene rings is 1. The van der Waals surface area contributed by atoms with Crippen LogP contribution in [0.2, 0.25) is 0 Å². The van der Waals surface area contributed by atoms with Crippen LogP contribution < -0.4 is 5.32 Å². The van der Waals surface area contributed by atoms with Gasteiger partial charge in [-0.1, -0.05) is 12.1 Å². The zero-order valence-corrected chi connectivity index (χ0v) is 9.29. The van der Waals surface area contributed by atoms with Gasteiger partial charge in [0.25, 0.3) is 0 Å². The van der Waals surface area contributed by atoms with Crippen LogP contribution in [0.3, 0.4) is 0 Å². The molecule has 1 aromatic carbocycles. The molecule has 1 unspecified atom stereocenters. The zero-order chi connectivity index (χ0) is 11.5. The van der Waals surface area contributed by atoms with Crippen molar-refractivity contribution < 1.29 is 4.79 Å². The molecule has 1 amide bonds. The van der Waals surface area contributed by atoms with E-state index in [4.69, 9.17) is 5.26 Å². The van der Waals surface area contributed by atoms with Crippen LogP contribution in [0.5, 0.6) is 0 Å². The van der Waals surface area contributed by atoms with Gasteiger partial charge in [-0.25, -0.2) is 0 Å². The number of nitriles is 1. The largest absolute Gasteiger partial charge is 0.326 e. The third kappa shape index (κ3) is 2.06. The quantitative estimate of drug-likeness (QED) is 0.821. The highest BCUT2D eigenvalue weighted by molar-refractivity contribution is 5.95. The molecular weight excluding hydrogens is 200 g/mol. The minimum absolute atomic E-state index is 0.0464. The first kappa shape index (κ1) is 10.7. The molecular formula is C13H14N2O. The smallest absolute Gasteiger partial charge is 0.227 e. The molecule has 0 spiro atoms. The van der Waals surface area contributed by atoms with Gasteiger partial charge in [0.05, 0.1) is 6.07 Å². The Balaban J connectivity index is 2.19. The molecule has 0 aliphatic carbocycles. The number of nitrogens with zero attached hydrogens (tertiary/aromatic N) is 1. The average Bonchev–Trinajstić information content (AvgIpc) is 2.26. The molecule has 2 rings (SSSR count). The fourth-order valence-electron chi connectivity index (χ4n) is 2.05. The summed E-state index contributed by atoms with van der Waals surface area (Å²) >= 11 is 0. The number of aryl methyl sites for hydroxylation is 1. The van der Waals surface area contributed by atoms with E-state index in [1.165, 1.54) is 5.56 Å². The maximum Gasteiger partial charge on any atom is 0.227 e. The molecule has 1 aliphatic heterocycles. The minimum Gasteiger partial charge on any atom is -0.326 e. The Kier molecular flexibility index (Phi) is 2.91. The van der Waals surface area contributed by atoms with Crippen molar-refractivity contribution in [2.75, 3.05) is 5.32 Å². The topological polar surface area (TPSA) is 52.9 Å². The molecule has 1 aliphatic rings. The number of anilines is 1. The highest BCUT2D eigenvalue weighted by Gasteiger charge is 2.25. The Bertz CT molecular complexity index is 459. The predicted molar refractivity (Wildman–Crippen MR) is 61.8 cm³/mol. The second kappa shape index (κ2) is 4.36. The van der Waals surface area contributed by atoms with E-state index in [0.717, 1.165) is 17.7 Å². The summed E-state index contributed by atoms with van der Waals surface area (Å²) < 4.78 is 0. The summed E-state index contributed by atoms with van der Waals surface area (Å²) in [6.45, 7) is 2.01. The van der Waals surface area contributed by atoms with Crippen LogP contribution in [0, 0.1) is 24.2 Å². The van der Waals surface area contributed by atoms with E-state index in [9.17, 15) is 4.79 Å². The normalized spacial score (nSPS) is 18.5. The minimum atomic E-state index is -0.0464. The molecule has 0 saturated carbocycles. The van der Waals surface area contributed by atoms with Crippen LogP contribution in [-0.2, 0) is 11.2 Å². The van der Waals surface area contributed by atoms with Gasteiger partial charge in [0.15, 0.2) is 0 Å². The Labute approximate surface area is 95.1 Å². The van der Waals surface area contributed by atoms with Gasteiger partial charge >= 0.3 is 0 Å². The number of hydrogen-bond donors (Lipinski definition) is 1. The summed E-state index contributed by atoms with van der Waals surface area (Å²) in [5.74, 6) is 0.00297. The van der Waals surface area contributed by atoms with Crippen molar-refractivity contribution in [2.24, 2.45) is 5.92 Å². The lowest BCUT2D eigenvalue weighted by Crippen LogP contribution is -2.29. The first-order valence-corrected chi connectivity index (χ1v) is 5.48. The number of hydrogen-bond acceptors (Lipinski definition) is 2. The van der Waals surface area contributed by atoms with Crippen LogP contribution in [-0.4, -0.2) is 5.91 Å². The van der Waals surface area contributed by atoms with Crippen LogP contribution in [0.1, 0.15) is 24.0 Å². The number of carbonyl (C=O) groups excluding carboxylic acids is 1. The summed E-state index contributed by atoms with van der Waals surface area (Å²) in [7, 11) is 0. The Morgan fingerprint density at radius 3 is 3.12 bits per heavy atom. The van der Waals surface area contributed by atoms with E-state index in [-0.39, 0.29) is 11.8 Å². The number of carbonyl (C=O) groups is 1. The zero-order valence-electron chi connectivity index (χ0n) is 9.29. The lowest BCUT2D eigenvalue weighted by molar-refractivity contribution is -0.120. The maximum absolute atomic E-state index is 11.8. The first-order valence-electron chi connectivity index (χ1n) is 5.48. The third-order valence-electron chi connectivity index (χ3n) is 2.96. The Morgan fingerprint density at radius 2 is 2.38 bits per heavy atom. The first-order chi connectivity index (χ1) is 7.70. The van der Waals surface area contributed by atoms with E-state index in [2.05, 4.69) is 23.5 Å².